The zero-order chi connectivity index (χ0) is 14.1. The number of hydrogen-bond acceptors (Lipinski definition) is 5. The number of unbranched alkanes of at least 4 members (excludes halogenated alkanes) is 1. The van der Waals surface area contributed by atoms with Crippen LogP contribution in [-0.4, -0.2) is 37.3 Å². The molecule has 0 amide bonds. The van der Waals surface area contributed by atoms with Crippen molar-refractivity contribution in [3.63, 3.8) is 0 Å². The lowest BCUT2D eigenvalue weighted by Crippen LogP contribution is -2.11. The van der Waals surface area contributed by atoms with Crippen molar-refractivity contribution in [3.05, 3.63) is 11.4 Å². The second-order valence-corrected chi connectivity index (χ2v) is 4.59. The molecule has 1 rings (SSSR count). The molecule has 1 aromatic heterocycles. The SMILES string of the molecule is CCCc1nc(NC)c(C)c(NCCCCOC)n1. The predicted molar refractivity (Wildman–Crippen MR) is 79.9 cm³/mol. The molecule has 19 heavy (non-hydrogen) atoms. The van der Waals surface area contributed by atoms with Gasteiger partial charge in [0, 0.05) is 39.3 Å². The molecule has 108 valence electrons. The summed E-state index contributed by atoms with van der Waals surface area (Å²) in [4.78, 5) is 9.11. The van der Waals surface area contributed by atoms with E-state index in [-0.39, 0.29) is 0 Å². The Bertz CT molecular complexity index is 382. The summed E-state index contributed by atoms with van der Waals surface area (Å²) in [5.41, 5.74) is 1.08. The molecular weight excluding hydrogens is 240 g/mol. The van der Waals surface area contributed by atoms with Gasteiger partial charge in [0.15, 0.2) is 0 Å². The van der Waals surface area contributed by atoms with Gasteiger partial charge in [-0.05, 0) is 26.2 Å². The average Bonchev–Trinajstić information content (AvgIpc) is 2.41. The van der Waals surface area contributed by atoms with Crippen LogP contribution in [0.3, 0.4) is 0 Å². The zero-order valence-corrected chi connectivity index (χ0v) is 12.5. The van der Waals surface area contributed by atoms with Gasteiger partial charge in [-0.3, -0.25) is 0 Å². The Hall–Kier alpha value is -1.36. The minimum atomic E-state index is 0.813. The number of anilines is 2. The van der Waals surface area contributed by atoms with Gasteiger partial charge in [-0.25, -0.2) is 9.97 Å². The highest BCUT2D eigenvalue weighted by molar-refractivity contribution is 5.56. The van der Waals surface area contributed by atoms with Gasteiger partial charge >= 0.3 is 0 Å². The van der Waals surface area contributed by atoms with Gasteiger partial charge in [-0.1, -0.05) is 6.92 Å². The summed E-state index contributed by atoms with van der Waals surface area (Å²) < 4.78 is 5.04. The molecule has 0 fully saturated rings. The number of rotatable bonds is 9. The van der Waals surface area contributed by atoms with Gasteiger partial charge in [0.1, 0.15) is 17.5 Å². The van der Waals surface area contributed by atoms with Crippen LogP contribution in [0.25, 0.3) is 0 Å². The van der Waals surface area contributed by atoms with Crippen molar-refractivity contribution in [1.82, 2.24) is 9.97 Å². The zero-order valence-electron chi connectivity index (χ0n) is 12.5. The second kappa shape index (κ2) is 8.69. The van der Waals surface area contributed by atoms with Crippen molar-refractivity contribution in [2.45, 2.75) is 39.5 Å². The fraction of sp³-hybridized carbons (Fsp3) is 0.714. The summed E-state index contributed by atoms with van der Waals surface area (Å²) in [5, 5.41) is 6.53. The second-order valence-electron chi connectivity index (χ2n) is 4.59. The first-order valence-electron chi connectivity index (χ1n) is 7.01. The van der Waals surface area contributed by atoms with Crippen molar-refractivity contribution >= 4 is 11.6 Å². The average molecular weight is 266 g/mol. The Morgan fingerprint density at radius 2 is 1.89 bits per heavy atom. The molecule has 0 aliphatic carbocycles. The van der Waals surface area contributed by atoms with E-state index in [2.05, 4.69) is 27.5 Å². The number of aryl methyl sites for hydroxylation is 1. The van der Waals surface area contributed by atoms with E-state index in [0.717, 1.165) is 61.9 Å². The predicted octanol–water partition coefficient (Wildman–Crippen LogP) is 2.62. The van der Waals surface area contributed by atoms with E-state index in [0.29, 0.717) is 0 Å². The standard InChI is InChI=1S/C14H26N4O/c1-5-8-12-17-13(15-3)11(2)14(18-12)16-9-6-7-10-19-4/h5-10H2,1-4H3,(H2,15,16,17,18). The Kier molecular flexibility index (Phi) is 7.18. The van der Waals surface area contributed by atoms with Crippen molar-refractivity contribution < 1.29 is 4.74 Å². The van der Waals surface area contributed by atoms with Crippen molar-refractivity contribution in [2.75, 3.05) is 37.9 Å². The van der Waals surface area contributed by atoms with Crippen LogP contribution in [0.4, 0.5) is 11.6 Å². The fourth-order valence-corrected chi connectivity index (χ4v) is 1.89. The summed E-state index contributed by atoms with van der Waals surface area (Å²) in [5.74, 6) is 2.76. The van der Waals surface area contributed by atoms with Crippen molar-refractivity contribution in [2.24, 2.45) is 0 Å². The number of hydrogen-bond donors (Lipinski definition) is 2. The molecule has 0 saturated heterocycles. The van der Waals surface area contributed by atoms with E-state index >= 15 is 0 Å². The van der Waals surface area contributed by atoms with Crippen LogP contribution in [0.15, 0.2) is 0 Å². The van der Waals surface area contributed by atoms with E-state index in [1.807, 2.05) is 14.0 Å². The monoisotopic (exact) mass is 266 g/mol. The molecule has 5 heteroatoms. The largest absolute Gasteiger partial charge is 0.385 e. The van der Waals surface area contributed by atoms with E-state index in [9.17, 15) is 0 Å². The summed E-state index contributed by atoms with van der Waals surface area (Å²) in [7, 11) is 3.63. The normalized spacial score (nSPS) is 10.5. The molecule has 0 spiro atoms. The summed E-state index contributed by atoms with van der Waals surface area (Å²) in [6.07, 6.45) is 4.11. The first-order chi connectivity index (χ1) is 9.22. The first kappa shape index (κ1) is 15.7. The van der Waals surface area contributed by atoms with Crippen LogP contribution < -0.4 is 10.6 Å². The summed E-state index contributed by atoms with van der Waals surface area (Å²) >= 11 is 0. The van der Waals surface area contributed by atoms with Crippen LogP contribution in [0.2, 0.25) is 0 Å². The molecule has 0 saturated carbocycles. The van der Waals surface area contributed by atoms with Gasteiger partial charge in [0.05, 0.1) is 0 Å². The number of ether oxygens (including phenoxy) is 1. The molecule has 0 aliphatic rings. The molecule has 0 aliphatic heterocycles. The highest BCUT2D eigenvalue weighted by atomic mass is 16.5. The van der Waals surface area contributed by atoms with Gasteiger partial charge in [0.25, 0.3) is 0 Å². The van der Waals surface area contributed by atoms with Gasteiger partial charge in [-0.15, -0.1) is 0 Å². The van der Waals surface area contributed by atoms with Crippen LogP contribution in [0.5, 0.6) is 0 Å². The molecule has 1 aromatic rings. The molecule has 1 heterocycles. The maximum atomic E-state index is 5.04. The topological polar surface area (TPSA) is 59.1 Å². The van der Waals surface area contributed by atoms with E-state index in [1.165, 1.54) is 0 Å². The summed E-state index contributed by atoms with van der Waals surface area (Å²) in [6.45, 7) is 5.91. The Labute approximate surface area is 116 Å². The minimum absolute atomic E-state index is 0.813. The molecule has 5 nitrogen and oxygen atoms in total. The molecule has 0 radical (unpaired) electrons. The van der Waals surface area contributed by atoms with E-state index in [4.69, 9.17) is 4.74 Å². The highest BCUT2D eigenvalue weighted by Gasteiger charge is 2.09. The number of methoxy groups -OCH3 is 1. The smallest absolute Gasteiger partial charge is 0.134 e. The fourth-order valence-electron chi connectivity index (χ4n) is 1.89. The molecule has 0 bridgehead atoms. The molecule has 0 unspecified atom stereocenters. The molecular formula is C14H26N4O. The lowest BCUT2D eigenvalue weighted by Gasteiger charge is -2.13. The van der Waals surface area contributed by atoms with Gasteiger partial charge in [-0.2, -0.15) is 0 Å². The molecule has 2 N–H and O–H groups in total. The van der Waals surface area contributed by atoms with Crippen LogP contribution >= 0.6 is 0 Å². The van der Waals surface area contributed by atoms with Crippen molar-refractivity contribution in [1.29, 1.82) is 0 Å². The number of nitrogens with one attached hydrogen (secondary N) is 2. The maximum absolute atomic E-state index is 5.04. The van der Waals surface area contributed by atoms with Crippen molar-refractivity contribution in [3.8, 4) is 0 Å². The maximum Gasteiger partial charge on any atom is 0.134 e. The third-order valence-electron chi connectivity index (χ3n) is 2.97. The number of aromatic nitrogens is 2. The number of nitrogens with zero attached hydrogens (tertiary/aromatic N) is 2. The lowest BCUT2D eigenvalue weighted by molar-refractivity contribution is 0.194. The van der Waals surface area contributed by atoms with E-state index < -0.39 is 0 Å². The van der Waals surface area contributed by atoms with Gasteiger partial charge in [0.2, 0.25) is 0 Å². The van der Waals surface area contributed by atoms with Crippen LogP contribution in [0.1, 0.15) is 37.6 Å². The quantitative estimate of drug-likeness (QED) is 0.673. The van der Waals surface area contributed by atoms with Crippen LogP contribution in [-0.2, 0) is 11.2 Å². The third kappa shape index (κ3) is 5.03. The lowest BCUT2D eigenvalue weighted by atomic mass is 10.2. The minimum Gasteiger partial charge on any atom is -0.385 e. The summed E-state index contributed by atoms with van der Waals surface area (Å²) in [6, 6.07) is 0. The van der Waals surface area contributed by atoms with Gasteiger partial charge < -0.3 is 15.4 Å². The highest BCUT2D eigenvalue weighted by Crippen LogP contribution is 2.20. The Balaban J connectivity index is 2.66. The third-order valence-corrected chi connectivity index (χ3v) is 2.97. The first-order valence-corrected chi connectivity index (χ1v) is 7.01. The Morgan fingerprint density at radius 3 is 2.53 bits per heavy atom. The Morgan fingerprint density at radius 1 is 1.16 bits per heavy atom. The van der Waals surface area contributed by atoms with Crippen LogP contribution in [0, 0.1) is 6.92 Å². The molecule has 0 atom stereocenters. The molecule has 0 aromatic carbocycles. The van der Waals surface area contributed by atoms with E-state index in [1.54, 1.807) is 7.11 Å².